The van der Waals surface area contributed by atoms with Gasteiger partial charge in [-0.15, -0.1) is 0 Å². The molecule has 9 nitrogen and oxygen atoms in total. The molecule has 2 heterocycles. The van der Waals surface area contributed by atoms with Crippen LogP contribution in [-0.4, -0.2) is 39.5 Å². The number of carbonyl (C=O) groups is 3. The van der Waals surface area contributed by atoms with E-state index in [1.165, 1.54) is 0 Å². The van der Waals surface area contributed by atoms with Crippen molar-refractivity contribution in [2.45, 2.75) is 12.2 Å². The standard InChI is InChI=1S/C12H8N2O7S/c1-2-20-12(17)7-6-9(16)11-4(3-5(22-11)14(18)19)8(15)10(6)21-13-7/h3-4,11H,2H2,1H3. The fourth-order valence-electron chi connectivity index (χ4n) is 2.34. The largest absolute Gasteiger partial charge is 0.461 e. The molecule has 114 valence electrons. The fourth-order valence-corrected chi connectivity index (χ4v) is 3.48. The van der Waals surface area contributed by atoms with E-state index in [-0.39, 0.29) is 28.7 Å². The summed E-state index contributed by atoms with van der Waals surface area (Å²) in [5.41, 5.74) is -0.626. The Labute approximate surface area is 126 Å². The Morgan fingerprint density at radius 3 is 2.86 bits per heavy atom. The number of hydrogen-bond donors (Lipinski definition) is 0. The second-order valence-electron chi connectivity index (χ2n) is 4.51. The summed E-state index contributed by atoms with van der Waals surface area (Å²) in [5.74, 6) is -3.41. The third-order valence-corrected chi connectivity index (χ3v) is 4.56. The van der Waals surface area contributed by atoms with E-state index in [1.54, 1.807) is 6.92 Å². The van der Waals surface area contributed by atoms with Crippen molar-refractivity contribution in [3.05, 3.63) is 38.2 Å². The SMILES string of the molecule is CCOC(=O)c1noc2c1C(=O)C1SC([N+](=O)[O-])=CC1C2=O. The van der Waals surface area contributed by atoms with Crippen molar-refractivity contribution in [2.75, 3.05) is 6.61 Å². The van der Waals surface area contributed by atoms with Crippen LogP contribution >= 0.6 is 11.8 Å². The molecule has 0 radical (unpaired) electrons. The molecule has 2 aliphatic rings. The van der Waals surface area contributed by atoms with Gasteiger partial charge < -0.3 is 9.26 Å². The number of ketones is 2. The Morgan fingerprint density at radius 1 is 1.50 bits per heavy atom. The smallest absolute Gasteiger partial charge is 0.361 e. The zero-order chi connectivity index (χ0) is 16.0. The molecule has 0 N–H and O–H groups in total. The summed E-state index contributed by atoms with van der Waals surface area (Å²) in [6.07, 6.45) is 1.13. The fraction of sp³-hybridized carbons (Fsp3) is 0.333. The highest BCUT2D eigenvalue weighted by Gasteiger charge is 2.52. The molecule has 0 fully saturated rings. The maximum Gasteiger partial charge on any atom is 0.361 e. The van der Waals surface area contributed by atoms with E-state index in [9.17, 15) is 24.5 Å². The molecular formula is C12H8N2O7S. The third-order valence-electron chi connectivity index (χ3n) is 3.27. The lowest BCUT2D eigenvalue weighted by Crippen LogP contribution is -2.36. The highest BCUT2D eigenvalue weighted by molar-refractivity contribution is 8.04. The zero-order valence-electron chi connectivity index (χ0n) is 11.1. The summed E-state index contributed by atoms with van der Waals surface area (Å²) in [4.78, 5) is 46.7. The van der Waals surface area contributed by atoms with E-state index >= 15 is 0 Å². The number of esters is 1. The number of thioether (sulfide) groups is 1. The summed E-state index contributed by atoms with van der Waals surface area (Å²) >= 11 is 0.685. The van der Waals surface area contributed by atoms with Crippen LogP contribution in [0, 0.1) is 16.0 Å². The molecule has 0 aromatic carbocycles. The predicted octanol–water partition coefficient (Wildman–Crippen LogP) is 1.08. The topological polar surface area (TPSA) is 130 Å². The highest BCUT2D eigenvalue weighted by Crippen LogP contribution is 2.44. The quantitative estimate of drug-likeness (QED) is 0.455. The van der Waals surface area contributed by atoms with Gasteiger partial charge in [0, 0.05) is 6.08 Å². The zero-order valence-corrected chi connectivity index (χ0v) is 11.9. The average Bonchev–Trinajstić information content (AvgIpc) is 3.10. The first-order valence-electron chi connectivity index (χ1n) is 6.23. The van der Waals surface area contributed by atoms with Crippen LogP contribution in [0.1, 0.15) is 38.3 Å². The van der Waals surface area contributed by atoms with Crippen LogP contribution in [0.25, 0.3) is 0 Å². The van der Waals surface area contributed by atoms with E-state index in [0.717, 1.165) is 6.08 Å². The second-order valence-corrected chi connectivity index (χ2v) is 5.67. The summed E-state index contributed by atoms with van der Waals surface area (Å²) in [7, 11) is 0. The van der Waals surface area contributed by atoms with Gasteiger partial charge in [0.25, 0.3) is 0 Å². The number of nitrogens with zero attached hydrogens (tertiary/aromatic N) is 2. The molecule has 1 aliphatic carbocycles. The monoisotopic (exact) mass is 324 g/mol. The summed E-state index contributed by atoms with van der Waals surface area (Å²) in [6.45, 7) is 1.64. The Hall–Kier alpha value is -2.49. The van der Waals surface area contributed by atoms with Gasteiger partial charge in [-0.25, -0.2) is 4.79 Å². The lowest BCUT2D eigenvalue weighted by molar-refractivity contribution is -0.410. The predicted molar refractivity (Wildman–Crippen MR) is 71.1 cm³/mol. The van der Waals surface area contributed by atoms with Gasteiger partial charge >= 0.3 is 11.0 Å². The van der Waals surface area contributed by atoms with Crippen LogP contribution in [0.15, 0.2) is 15.6 Å². The molecule has 0 amide bonds. The third kappa shape index (κ3) is 1.95. The number of aromatic nitrogens is 1. The first-order chi connectivity index (χ1) is 10.5. The number of carbonyl (C=O) groups excluding carboxylic acids is 3. The molecule has 3 rings (SSSR count). The van der Waals surface area contributed by atoms with Gasteiger partial charge in [0.05, 0.1) is 22.7 Å². The number of rotatable bonds is 3. The van der Waals surface area contributed by atoms with E-state index in [4.69, 9.17) is 9.26 Å². The lowest BCUT2D eigenvalue weighted by Gasteiger charge is -2.19. The maximum absolute atomic E-state index is 12.5. The van der Waals surface area contributed by atoms with Crippen molar-refractivity contribution >= 4 is 29.3 Å². The molecule has 0 spiro atoms. The minimum absolute atomic E-state index is 0.0659. The minimum atomic E-state index is -0.979. The second kappa shape index (κ2) is 5.05. The molecule has 0 saturated heterocycles. The number of fused-ring (bicyclic) bond motifs is 2. The summed E-state index contributed by atoms with van der Waals surface area (Å²) in [5, 5.41) is 13.0. The Balaban J connectivity index is 2.04. The van der Waals surface area contributed by atoms with Crippen LogP contribution in [0.2, 0.25) is 0 Å². The van der Waals surface area contributed by atoms with E-state index < -0.39 is 33.6 Å². The average molecular weight is 324 g/mol. The van der Waals surface area contributed by atoms with E-state index in [0.29, 0.717) is 11.8 Å². The van der Waals surface area contributed by atoms with Crippen LogP contribution in [-0.2, 0) is 4.74 Å². The summed E-state index contributed by atoms with van der Waals surface area (Å²) < 4.78 is 9.57. The molecule has 0 bridgehead atoms. The van der Waals surface area contributed by atoms with Gasteiger partial charge in [-0.2, -0.15) is 0 Å². The van der Waals surface area contributed by atoms with Crippen molar-refractivity contribution in [2.24, 2.45) is 5.92 Å². The molecule has 2 unspecified atom stereocenters. The highest BCUT2D eigenvalue weighted by atomic mass is 32.2. The van der Waals surface area contributed by atoms with Crippen LogP contribution in [0.4, 0.5) is 0 Å². The number of nitro groups is 1. The van der Waals surface area contributed by atoms with Gasteiger partial charge in [-0.3, -0.25) is 19.7 Å². The van der Waals surface area contributed by atoms with Crippen LogP contribution in [0.3, 0.4) is 0 Å². The van der Waals surface area contributed by atoms with Crippen molar-refractivity contribution in [1.82, 2.24) is 5.16 Å². The van der Waals surface area contributed by atoms with Crippen molar-refractivity contribution in [3.63, 3.8) is 0 Å². The van der Waals surface area contributed by atoms with E-state index in [1.807, 2.05) is 0 Å². The number of Topliss-reactive ketones (excluding diaryl/α,β-unsaturated/α-hetero) is 2. The Kier molecular flexibility index (Phi) is 3.32. The van der Waals surface area contributed by atoms with Gasteiger partial charge in [0.2, 0.25) is 17.2 Å². The first-order valence-corrected chi connectivity index (χ1v) is 7.11. The molecular weight excluding hydrogens is 316 g/mol. The molecule has 10 heteroatoms. The number of ether oxygens (including phenoxy) is 1. The van der Waals surface area contributed by atoms with Gasteiger partial charge in [-0.1, -0.05) is 5.16 Å². The van der Waals surface area contributed by atoms with Crippen molar-refractivity contribution in [1.29, 1.82) is 0 Å². The van der Waals surface area contributed by atoms with Crippen molar-refractivity contribution < 1.29 is 28.6 Å². The lowest BCUT2D eigenvalue weighted by atomic mass is 9.85. The molecule has 1 aromatic heterocycles. The molecule has 1 aliphatic heterocycles. The van der Waals surface area contributed by atoms with Gasteiger partial charge in [0.15, 0.2) is 5.78 Å². The number of hydrogen-bond acceptors (Lipinski definition) is 9. The van der Waals surface area contributed by atoms with Gasteiger partial charge in [0.1, 0.15) is 5.56 Å². The van der Waals surface area contributed by atoms with Crippen LogP contribution < -0.4 is 0 Å². The number of allylic oxidation sites excluding steroid dienone is 1. The van der Waals surface area contributed by atoms with Gasteiger partial charge in [-0.05, 0) is 18.7 Å². The Morgan fingerprint density at radius 2 is 2.23 bits per heavy atom. The van der Waals surface area contributed by atoms with Crippen molar-refractivity contribution in [3.8, 4) is 0 Å². The maximum atomic E-state index is 12.5. The Bertz CT molecular complexity index is 751. The van der Waals surface area contributed by atoms with E-state index in [2.05, 4.69) is 5.16 Å². The summed E-state index contributed by atoms with van der Waals surface area (Å²) in [6, 6.07) is 0. The minimum Gasteiger partial charge on any atom is -0.461 e. The molecule has 1 aromatic rings. The normalized spacial score (nSPS) is 22.9. The molecule has 2 atom stereocenters. The first kappa shape index (κ1) is 14.4. The molecule has 0 saturated carbocycles. The van der Waals surface area contributed by atoms with Crippen LogP contribution in [0.5, 0.6) is 0 Å². The molecule has 22 heavy (non-hydrogen) atoms.